The van der Waals surface area contributed by atoms with Crippen LogP contribution in [0.25, 0.3) is 0 Å². The number of carbonyl (C=O) groups excluding carboxylic acids is 2. The lowest BCUT2D eigenvalue weighted by molar-refractivity contribution is 0.0535. The Kier molecular flexibility index (Phi) is 6.02. The van der Waals surface area contributed by atoms with Crippen molar-refractivity contribution in [2.24, 2.45) is 0 Å². The number of piperazine rings is 1. The van der Waals surface area contributed by atoms with E-state index in [2.05, 4.69) is 5.16 Å². The average molecular weight is 419 g/mol. The minimum absolute atomic E-state index is 0.00694. The van der Waals surface area contributed by atoms with Crippen molar-refractivity contribution in [2.75, 3.05) is 26.2 Å². The minimum atomic E-state index is -0.0379. The van der Waals surface area contributed by atoms with Crippen LogP contribution in [0, 0.1) is 13.8 Å². The smallest absolute Gasteiger partial charge is 0.253 e. The SMILES string of the molecule is Cc1noc(C)c1COc1ccc(C(=O)N2CCN(C(=O)c3ccccc3)CC2)cc1. The number of carbonyl (C=O) groups is 2. The molecule has 0 radical (unpaired) electrons. The van der Waals surface area contributed by atoms with Crippen LogP contribution >= 0.6 is 0 Å². The fraction of sp³-hybridized carbons (Fsp3) is 0.292. The zero-order valence-corrected chi connectivity index (χ0v) is 17.7. The quantitative estimate of drug-likeness (QED) is 0.633. The maximum Gasteiger partial charge on any atom is 0.253 e. The second kappa shape index (κ2) is 9.04. The van der Waals surface area contributed by atoms with Gasteiger partial charge in [-0.25, -0.2) is 0 Å². The molecule has 0 spiro atoms. The van der Waals surface area contributed by atoms with E-state index in [4.69, 9.17) is 9.26 Å². The van der Waals surface area contributed by atoms with Crippen molar-refractivity contribution in [3.63, 3.8) is 0 Å². The Morgan fingerprint density at radius 1 is 0.871 bits per heavy atom. The molecule has 160 valence electrons. The van der Waals surface area contributed by atoms with Crippen molar-refractivity contribution in [3.8, 4) is 5.75 Å². The highest BCUT2D eigenvalue weighted by molar-refractivity contribution is 5.96. The highest BCUT2D eigenvalue weighted by atomic mass is 16.5. The first-order chi connectivity index (χ1) is 15.0. The predicted molar refractivity (Wildman–Crippen MR) is 115 cm³/mol. The maximum absolute atomic E-state index is 12.9. The first kappa shape index (κ1) is 20.7. The molecule has 2 amide bonds. The largest absolute Gasteiger partial charge is 0.489 e. The number of ether oxygens (including phenoxy) is 1. The third-order valence-electron chi connectivity index (χ3n) is 5.54. The number of amides is 2. The summed E-state index contributed by atoms with van der Waals surface area (Å²) in [5, 5.41) is 3.92. The molecule has 31 heavy (non-hydrogen) atoms. The van der Waals surface area contributed by atoms with Crippen LogP contribution < -0.4 is 4.74 Å². The van der Waals surface area contributed by atoms with E-state index >= 15 is 0 Å². The standard InChI is InChI=1S/C24H25N3O4/c1-17-22(18(2)31-25-17)16-30-21-10-8-20(9-11-21)24(29)27-14-12-26(13-15-27)23(28)19-6-4-3-5-7-19/h3-11H,12-16H2,1-2H3. The summed E-state index contributed by atoms with van der Waals surface area (Å²) in [4.78, 5) is 29.0. The molecule has 7 nitrogen and oxygen atoms in total. The topological polar surface area (TPSA) is 75.9 Å². The van der Waals surface area contributed by atoms with Crippen molar-refractivity contribution in [1.82, 2.24) is 15.0 Å². The van der Waals surface area contributed by atoms with Crippen LogP contribution in [0.2, 0.25) is 0 Å². The number of aromatic nitrogens is 1. The van der Waals surface area contributed by atoms with Gasteiger partial charge in [0.05, 0.1) is 11.3 Å². The molecule has 3 aromatic rings. The molecule has 1 saturated heterocycles. The number of benzene rings is 2. The molecular weight excluding hydrogens is 394 g/mol. The first-order valence-electron chi connectivity index (χ1n) is 10.3. The van der Waals surface area contributed by atoms with E-state index in [0.29, 0.717) is 49.7 Å². The van der Waals surface area contributed by atoms with Crippen molar-refractivity contribution < 1.29 is 18.8 Å². The summed E-state index contributed by atoms with van der Waals surface area (Å²) in [5.74, 6) is 1.39. The van der Waals surface area contributed by atoms with E-state index < -0.39 is 0 Å². The number of aryl methyl sites for hydroxylation is 2. The molecule has 1 aromatic heterocycles. The second-order valence-corrected chi connectivity index (χ2v) is 7.57. The van der Waals surface area contributed by atoms with Crippen LogP contribution in [0.3, 0.4) is 0 Å². The molecule has 0 aliphatic carbocycles. The Labute approximate surface area is 181 Å². The minimum Gasteiger partial charge on any atom is -0.489 e. The van der Waals surface area contributed by atoms with Gasteiger partial charge in [0.1, 0.15) is 18.1 Å². The van der Waals surface area contributed by atoms with Gasteiger partial charge < -0.3 is 19.1 Å². The van der Waals surface area contributed by atoms with Gasteiger partial charge in [0.25, 0.3) is 11.8 Å². The van der Waals surface area contributed by atoms with Crippen molar-refractivity contribution in [3.05, 3.63) is 82.7 Å². The molecular formula is C24H25N3O4. The van der Waals surface area contributed by atoms with Crippen LogP contribution in [0.15, 0.2) is 59.1 Å². The van der Waals surface area contributed by atoms with Gasteiger partial charge >= 0.3 is 0 Å². The third kappa shape index (κ3) is 4.60. The van der Waals surface area contributed by atoms with Crippen LogP contribution in [-0.4, -0.2) is 52.9 Å². The molecule has 0 atom stereocenters. The summed E-state index contributed by atoms with van der Waals surface area (Å²) in [7, 11) is 0. The summed E-state index contributed by atoms with van der Waals surface area (Å²) in [6.07, 6.45) is 0. The summed E-state index contributed by atoms with van der Waals surface area (Å²) >= 11 is 0. The van der Waals surface area contributed by atoms with Gasteiger partial charge in [-0.05, 0) is 50.2 Å². The molecule has 0 unspecified atom stereocenters. The molecule has 1 aliphatic rings. The van der Waals surface area contributed by atoms with E-state index in [1.54, 1.807) is 34.1 Å². The highest BCUT2D eigenvalue weighted by Crippen LogP contribution is 2.19. The zero-order chi connectivity index (χ0) is 21.8. The molecule has 0 saturated carbocycles. The van der Waals surface area contributed by atoms with E-state index in [1.165, 1.54) is 0 Å². The van der Waals surface area contributed by atoms with Gasteiger partial charge in [-0.15, -0.1) is 0 Å². The van der Waals surface area contributed by atoms with Gasteiger partial charge in [0, 0.05) is 37.3 Å². The molecule has 2 heterocycles. The lowest BCUT2D eigenvalue weighted by Gasteiger charge is -2.34. The molecule has 4 rings (SSSR count). The first-order valence-corrected chi connectivity index (χ1v) is 10.3. The van der Waals surface area contributed by atoms with E-state index in [9.17, 15) is 9.59 Å². The van der Waals surface area contributed by atoms with Gasteiger partial charge in [0.2, 0.25) is 0 Å². The second-order valence-electron chi connectivity index (χ2n) is 7.57. The van der Waals surface area contributed by atoms with Gasteiger partial charge in [-0.1, -0.05) is 23.4 Å². The number of rotatable bonds is 5. The molecule has 2 aromatic carbocycles. The molecule has 0 N–H and O–H groups in total. The number of nitrogens with zero attached hydrogens (tertiary/aromatic N) is 3. The van der Waals surface area contributed by atoms with Crippen molar-refractivity contribution >= 4 is 11.8 Å². The Balaban J connectivity index is 1.31. The fourth-order valence-corrected chi connectivity index (χ4v) is 3.62. The van der Waals surface area contributed by atoms with Crippen molar-refractivity contribution in [1.29, 1.82) is 0 Å². The summed E-state index contributed by atoms with van der Waals surface area (Å²) in [6, 6.07) is 16.4. The summed E-state index contributed by atoms with van der Waals surface area (Å²) in [6.45, 7) is 6.18. The normalized spacial score (nSPS) is 13.9. The van der Waals surface area contributed by atoms with Crippen LogP contribution in [0.1, 0.15) is 37.7 Å². The van der Waals surface area contributed by atoms with Crippen LogP contribution in [0.4, 0.5) is 0 Å². The average Bonchev–Trinajstić information content (AvgIpc) is 3.15. The zero-order valence-electron chi connectivity index (χ0n) is 17.7. The molecule has 0 bridgehead atoms. The van der Waals surface area contributed by atoms with Crippen molar-refractivity contribution in [2.45, 2.75) is 20.5 Å². The van der Waals surface area contributed by atoms with Crippen LogP contribution in [0.5, 0.6) is 5.75 Å². The monoisotopic (exact) mass is 419 g/mol. The predicted octanol–water partition coefficient (Wildman–Crippen LogP) is 3.47. The fourth-order valence-electron chi connectivity index (χ4n) is 3.62. The summed E-state index contributed by atoms with van der Waals surface area (Å²) < 4.78 is 10.9. The Morgan fingerprint density at radius 3 is 1.94 bits per heavy atom. The molecule has 1 aliphatic heterocycles. The number of hydrogen-bond acceptors (Lipinski definition) is 5. The lowest BCUT2D eigenvalue weighted by Crippen LogP contribution is -2.50. The molecule has 7 heteroatoms. The number of hydrogen-bond donors (Lipinski definition) is 0. The Bertz CT molecular complexity index is 1030. The maximum atomic E-state index is 12.9. The third-order valence-corrected chi connectivity index (χ3v) is 5.54. The van der Waals surface area contributed by atoms with E-state index in [-0.39, 0.29) is 11.8 Å². The summed E-state index contributed by atoms with van der Waals surface area (Å²) in [5.41, 5.74) is 3.03. The van der Waals surface area contributed by atoms with Crippen LogP contribution in [-0.2, 0) is 6.61 Å². The highest BCUT2D eigenvalue weighted by Gasteiger charge is 2.25. The molecule has 1 fully saturated rings. The van der Waals surface area contributed by atoms with Gasteiger partial charge in [-0.2, -0.15) is 0 Å². The van der Waals surface area contributed by atoms with E-state index in [0.717, 1.165) is 17.0 Å². The van der Waals surface area contributed by atoms with Gasteiger partial charge in [0.15, 0.2) is 0 Å². The lowest BCUT2D eigenvalue weighted by atomic mass is 10.1. The Morgan fingerprint density at radius 2 is 1.42 bits per heavy atom. The van der Waals surface area contributed by atoms with E-state index in [1.807, 2.05) is 44.2 Å². The Hall–Kier alpha value is -3.61. The van der Waals surface area contributed by atoms with Gasteiger partial charge in [-0.3, -0.25) is 9.59 Å².